The molecule has 1 heterocycles. The van der Waals surface area contributed by atoms with Crippen molar-refractivity contribution in [3.8, 4) is 0 Å². The van der Waals surface area contributed by atoms with Crippen LogP contribution in [0.4, 0.5) is 5.69 Å². The molecule has 1 amide bonds. The lowest BCUT2D eigenvalue weighted by molar-refractivity contribution is -0.123. The molecule has 128 valence electrons. The van der Waals surface area contributed by atoms with Crippen LogP contribution >= 0.6 is 0 Å². The Morgan fingerprint density at radius 3 is 3.00 bits per heavy atom. The van der Waals surface area contributed by atoms with Crippen LogP contribution in [0.5, 0.6) is 0 Å². The number of benzene rings is 1. The monoisotopic (exact) mass is 322 g/mol. The van der Waals surface area contributed by atoms with E-state index in [-0.39, 0.29) is 18.1 Å². The van der Waals surface area contributed by atoms with Gasteiger partial charge in [-0.2, -0.15) is 0 Å². The predicted octanol–water partition coefficient (Wildman–Crippen LogP) is 1.56. The Kier molecular flexibility index (Phi) is 7.48. The summed E-state index contributed by atoms with van der Waals surface area (Å²) in [6.45, 7) is 7.54. The van der Waals surface area contributed by atoms with E-state index in [9.17, 15) is 4.79 Å². The van der Waals surface area contributed by atoms with Crippen molar-refractivity contribution in [2.75, 3.05) is 38.3 Å². The average Bonchev–Trinajstić information content (AvgIpc) is 2.55. The number of amides is 1. The quantitative estimate of drug-likeness (QED) is 0.711. The van der Waals surface area contributed by atoms with Gasteiger partial charge in [0, 0.05) is 18.8 Å². The van der Waals surface area contributed by atoms with E-state index in [1.54, 1.807) is 0 Å². The molecule has 0 unspecified atom stereocenters. The molecule has 1 fully saturated rings. The molecule has 6 nitrogen and oxygen atoms in total. The summed E-state index contributed by atoms with van der Waals surface area (Å²) in [7, 11) is 0. The van der Waals surface area contributed by atoms with Crippen LogP contribution in [-0.2, 0) is 25.6 Å². The lowest BCUT2D eigenvalue weighted by atomic mass is 10.1. The molecular formula is C17H26N2O4. The van der Waals surface area contributed by atoms with E-state index >= 15 is 0 Å². The minimum Gasteiger partial charge on any atom is -0.379 e. The van der Waals surface area contributed by atoms with Gasteiger partial charge in [-0.3, -0.25) is 4.79 Å². The van der Waals surface area contributed by atoms with Crippen molar-refractivity contribution >= 4 is 11.6 Å². The SMILES string of the molecule is CCOCCOCc1cccc(NC(=O)[C@H]2NCCO[C@@H]2C)c1. The highest BCUT2D eigenvalue weighted by molar-refractivity contribution is 5.95. The third kappa shape index (κ3) is 5.91. The number of carbonyl (C=O) groups is 1. The Balaban J connectivity index is 1.83. The Morgan fingerprint density at radius 1 is 1.39 bits per heavy atom. The Hall–Kier alpha value is -1.47. The summed E-state index contributed by atoms with van der Waals surface area (Å²) < 4.78 is 16.3. The number of hydrogen-bond donors (Lipinski definition) is 2. The molecule has 6 heteroatoms. The minimum absolute atomic E-state index is 0.0772. The number of rotatable bonds is 8. The molecule has 23 heavy (non-hydrogen) atoms. The van der Waals surface area contributed by atoms with Crippen LogP contribution in [0.15, 0.2) is 24.3 Å². The highest BCUT2D eigenvalue weighted by Crippen LogP contribution is 2.13. The molecule has 2 N–H and O–H groups in total. The normalized spacial score (nSPS) is 21.1. The van der Waals surface area contributed by atoms with Gasteiger partial charge in [0.15, 0.2) is 0 Å². The molecule has 0 aromatic heterocycles. The van der Waals surface area contributed by atoms with Gasteiger partial charge in [0.05, 0.1) is 32.5 Å². The lowest BCUT2D eigenvalue weighted by Crippen LogP contribution is -2.53. The van der Waals surface area contributed by atoms with Crippen LogP contribution in [0.25, 0.3) is 0 Å². The van der Waals surface area contributed by atoms with E-state index in [2.05, 4.69) is 10.6 Å². The fourth-order valence-corrected chi connectivity index (χ4v) is 2.44. The van der Waals surface area contributed by atoms with Crippen molar-refractivity contribution in [1.29, 1.82) is 0 Å². The van der Waals surface area contributed by atoms with Crippen LogP contribution in [0.3, 0.4) is 0 Å². The lowest BCUT2D eigenvalue weighted by Gasteiger charge is -2.29. The molecule has 2 rings (SSSR count). The number of hydrogen-bond acceptors (Lipinski definition) is 5. The van der Waals surface area contributed by atoms with Gasteiger partial charge in [-0.25, -0.2) is 0 Å². The van der Waals surface area contributed by atoms with Gasteiger partial charge >= 0.3 is 0 Å². The summed E-state index contributed by atoms with van der Waals surface area (Å²) in [4.78, 5) is 12.3. The summed E-state index contributed by atoms with van der Waals surface area (Å²) in [5, 5.41) is 6.11. The third-order valence-corrected chi connectivity index (χ3v) is 3.64. The predicted molar refractivity (Wildman–Crippen MR) is 88.4 cm³/mol. The number of nitrogens with one attached hydrogen (secondary N) is 2. The topological polar surface area (TPSA) is 68.8 Å². The summed E-state index contributed by atoms with van der Waals surface area (Å²) in [6, 6.07) is 7.35. The van der Waals surface area contributed by atoms with E-state index in [0.717, 1.165) is 11.3 Å². The zero-order valence-electron chi connectivity index (χ0n) is 13.8. The van der Waals surface area contributed by atoms with Gasteiger partial charge in [-0.05, 0) is 31.5 Å². The molecule has 1 aromatic carbocycles. The molecule has 0 bridgehead atoms. The van der Waals surface area contributed by atoms with Crippen LogP contribution in [0.2, 0.25) is 0 Å². The molecule has 1 aliphatic rings. The number of morpholine rings is 1. The van der Waals surface area contributed by atoms with Gasteiger partial charge in [0.1, 0.15) is 6.04 Å². The number of anilines is 1. The summed E-state index contributed by atoms with van der Waals surface area (Å²) in [5.41, 5.74) is 1.78. The van der Waals surface area contributed by atoms with E-state index in [1.165, 1.54) is 0 Å². The zero-order valence-corrected chi connectivity index (χ0v) is 13.8. The molecule has 1 aromatic rings. The van der Waals surface area contributed by atoms with Crippen molar-refractivity contribution in [2.24, 2.45) is 0 Å². The largest absolute Gasteiger partial charge is 0.379 e. The molecule has 1 aliphatic heterocycles. The summed E-state index contributed by atoms with van der Waals surface area (Å²) in [5.74, 6) is -0.0772. The first-order valence-corrected chi connectivity index (χ1v) is 8.11. The van der Waals surface area contributed by atoms with Gasteiger partial charge in [0.2, 0.25) is 5.91 Å². The molecular weight excluding hydrogens is 296 g/mol. The number of carbonyl (C=O) groups excluding carboxylic acids is 1. The molecule has 1 saturated heterocycles. The first-order valence-electron chi connectivity index (χ1n) is 8.11. The first-order chi connectivity index (χ1) is 11.2. The Morgan fingerprint density at radius 2 is 2.22 bits per heavy atom. The fraction of sp³-hybridized carbons (Fsp3) is 0.588. The average molecular weight is 322 g/mol. The van der Waals surface area contributed by atoms with Gasteiger partial charge < -0.3 is 24.8 Å². The minimum atomic E-state index is -0.324. The number of ether oxygens (including phenoxy) is 3. The highest BCUT2D eigenvalue weighted by Gasteiger charge is 2.28. The van der Waals surface area contributed by atoms with E-state index in [4.69, 9.17) is 14.2 Å². The third-order valence-electron chi connectivity index (χ3n) is 3.64. The van der Waals surface area contributed by atoms with Crippen LogP contribution in [0.1, 0.15) is 19.4 Å². The molecule has 0 spiro atoms. The van der Waals surface area contributed by atoms with Crippen molar-refractivity contribution in [3.05, 3.63) is 29.8 Å². The maximum absolute atomic E-state index is 12.3. The molecule has 0 saturated carbocycles. The van der Waals surface area contributed by atoms with Crippen molar-refractivity contribution < 1.29 is 19.0 Å². The molecule has 0 aliphatic carbocycles. The summed E-state index contributed by atoms with van der Waals surface area (Å²) >= 11 is 0. The van der Waals surface area contributed by atoms with Crippen LogP contribution in [-0.4, -0.2) is 51.0 Å². The smallest absolute Gasteiger partial charge is 0.244 e. The van der Waals surface area contributed by atoms with Gasteiger partial charge in [0.25, 0.3) is 0 Å². The van der Waals surface area contributed by atoms with Crippen LogP contribution < -0.4 is 10.6 Å². The first kappa shape index (κ1) is 17.9. The maximum atomic E-state index is 12.3. The molecule has 2 atom stereocenters. The Bertz CT molecular complexity index is 495. The fourth-order valence-electron chi connectivity index (χ4n) is 2.44. The van der Waals surface area contributed by atoms with Crippen molar-refractivity contribution in [3.63, 3.8) is 0 Å². The Labute approximate surface area is 137 Å². The van der Waals surface area contributed by atoms with Gasteiger partial charge in [-0.1, -0.05) is 12.1 Å². The second-order valence-corrected chi connectivity index (χ2v) is 5.45. The summed E-state index contributed by atoms with van der Waals surface area (Å²) in [6.07, 6.45) is -0.131. The van der Waals surface area contributed by atoms with Crippen LogP contribution in [0, 0.1) is 0 Å². The van der Waals surface area contributed by atoms with Crippen molar-refractivity contribution in [2.45, 2.75) is 32.6 Å². The second kappa shape index (κ2) is 9.62. The molecule has 0 radical (unpaired) electrons. The van der Waals surface area contributed by atoms with E-state index < -0.39 is 0 Å². The maximum Gasteiger partial charge on any atom is 0.244 e. The highest BCUT2D eigenvalue weighted by atomic mass is 16.5. The van der Waals surface area contributed by atoms with E-state index in [1.807, 2.05) is 38.1 Å². The second-order valence-electron chi connectivity index (χ2n) is 5.45. The standard InChI is InChI=1S/C17H26N2O4/c1-3-21-9-10-22-12-14-5-4-6-15(11-14)19-17(20)16-13(2)23-8-7-18-16/h4-6,11,13,16,18H,3,7-10,12H2,1-2H3,(H,19,20)/t13-,16+/m1/s1. The van der Waals surface area contributed by atoms with Crippen molar-refractivity contribution in [1.82, 2.24) is 5.32 Å². The van der Waals surface area contributed by atoms with Gasteiger partial charge in [-0.15, -0.1) is 0 Å². The van der Waals surface area contributed by atoms with E-state index in [0.29, 0.717) is 39.6 Å². The zero-order chi connectivity index (χ0) is 16.5.